The van der Waals surface area contributed by atoms with Crippen LogP contribution in [-0.4, -0.2) is 16.6 Å². The number of rotatable bonds is 2. The summed E-state index contributed by atoms with van der Waals surface area (Å²) in [4.78, 5) is 16.0. The standard InChI is InChI=1S/C14H10F3N3OS/c1-8-6-12(21)20(19-8)13-18-11(7-22-13)9-2-4-10(5-3-9)14(15,16)17/h2-5,7H,6H2,1H3. The van der Waals surface area contributed by atoms with E-state index in [0.717, 1.165) is 12.1 Å². The van der Waals surface area contributed by atoms with Crippen LogP contribution in [0.25, 0.3) is 11.3 Å². The second-order valence-electron chi connectivity index (χ2n) is 4.81. The van der Waals surface area contributed by atoms with E-state index in [4.69, 9.17) is 0 Å². The third-order valence-corrected chi connectivity index (χ3v) is 3.91. The number of nitrogens with zero attached hydrogens (tertiary/aromatic N) is 3. The lowest BCUT2D eigenvalue weighted by Crippen LogP contribution is -2.19. The van der Waals surface area contributed by atoms with Gasteiger partial charge in [-0.1, -0.05) is 12.1 Å². The van der Waals surface area contributed by atoms with Crippen molar-refractivity contribution in [2.45, 2.75) is 19.5 Å². The molecular formula is C14H10F3N3OS. The smallest absolute Gasteiger partial charge is 0.272 e. The Hall–Kier alpha value is -2.22. The van der Waals surface area contributed by atoms with Crippen molar-refractivity contribution in [3.8, 4) is 11.3 Å². The van der Waals surface area contributed by atoms with Crippen LogP contribution in [0.1, 0.15) is 18.9 Å². The maximum absolute atomic E-state index is 12.5. The fourth-order valence-electron chi connectivity index (χ4n) is 2.03. The average Bonchev–Trinajstić information content (AvgIpc) is 3.04. The molecule has 0 bridgehead atoms. The fraction of sp³-hybridized carbons (Fsp3) is 0.214. The predicted octanol–water partition coefficient (Wildman–Crippen LogP) is 3.94. The summed E-state index contributed by atoms with van der Waals surface area (Å²) in [5.74, 6) is -0.161. The van der Waals surface area contributed by atoms with Crippen LogP contribution >= 0.6 is 11.3 Å². The normalized spacial score (nSPS) is 15.4. The van der Waals surface area contributed by atoms with Gasteiger partial charge in [0.2, 0.25) is 5.13 Å². The number of anilines is 1. The Morgan fingerprint density at radius 2 is 1.91 bits per heavy atom. The molecule has 0 saturated carbocycles. The molecule has 1 aromatic carbocycles. The molecule has 0 saturated heterocycles. The number of aromatic nitrogens is 1. The molecule has 8 heteroatoms. The lowest BCUT2D eigenvalue weighted by Gasteiger charge is -2.07. The predicted molar refractivity (Wildman–Crippen MR) is 77.8 cm³/mol. The zero-order chi connectivity index (χ0) is 15.9. The van der Waals surface area contributed by atoms with E-state index >= 15 is 0 Å². The molecule has 0 spiro atoms. The van der Waals surface area contributed by atoms with Crippen molar-refractivity contribution < 1.29 is 18.0 Å². The molecule has 2 aromatic rings. The van der Waals surface area contributed by atoms with Gasteiger partial charge in [0.05, 0.1) is 17.7 Å². The van der Waals surface area contributed by atoms with Gasteiger partial charge in [-0.2, -0.15) is 23.3 Å². The highest BCUT2D eigenvalue weighted by molar-refractivity contribution is 7.14. The van der Waals surface area contributed by atoms with Gasteiger partial charge in [-0.05, 0) is 19.1 Å². The molecule has 1 aliphatic rings. The van der Waals surface area contributed by atoms with E-state index in [2.05, 4.69) is 10.1 Å². The Morgan fingerprint density at radius 1 is 1.23 bits per heavy atom. The summed E-state index contributed by atoms with van der Waals surface area (Å²) in [6.07, 6.45) is -4.10. The van der Waals surface area contributed by atoms with Crippen LogP contribution < -0.4 is 5.01 Å². The first-order valence-electron chi connectivity index (χ1n) is 6.35. The number of carbonyl (C=O) groups is 1. The number of alkyl halides is 3. The van der Waals surface area contributed by atoms with Gasteiger partial charge in [0.1, 0.15) is 0 Å². The molecule has 0 N–H and O–H groups in total. The van der Waals surface area contributed by atoms with Crippen LogP contribution in [0, 0.1) is 0 Å². The number of thiazole rings is 1. The third-order valence-electron chi connectivity index (χ3n) is 3.10. The molecule has 1 aromatic heterocycles. The van der Waals surface area contributed by atoms with Crippen LogP contribution in [0.4, 0.5) is 18.3 Å². The summed E-state index contributed by atoms with van der Waals surface area (Å²) in [5, 5.41) is 7.43. The molecule has 4 nitrogen and oxygen atoms in total. The Kier molecular flexibility index (Phi) is 3.48. The van der Waals surface area contributed by atoms with Crippen LogP contribution in [-0.2, 0) is 11.0 Å². The van der Waals surface area contributed by atoms with Crippen molar-refractivity contribution in [3.63, 3.8) is 0 Å². The molecule has 3 rings (SSSR count). The first-order valence-corrected chi connectivity index (χ1v) is 7.23. The molecule has 0 radical (unpaired) electrons. The van der Waals surface area contributed by atoms with Gasteiger partial charge in [-0.15, -0.1) is 11.3 Å². The van der Waals surface area contributed by atoms with Crippen molar-refractivity contribution >= 4 is 28.1 Å². The lowest BCUT2D eigenvalue weighted by atomic mass is 10.1. The van der Waals surface area contributed by atoms with E-state index in [1.165, 1.54) is 28.5 Å². The number of carbonyl (C=O) groups excluding carboxylic acids is 1. The van der Waals surface area contributed by atoms with Crippen LogP contribution in [0.15, 0.2) is 34.7 Å². The molecule has 0 fully saturated rings. The van der Waals surface area contributed by atoms with E-state index in [1.807, 2.05) is 0 Å². The largest absolute Gasteiger partial charge is 0.416 e. The van der Waals surface area contributed by atoms with Crippen LogP contribution in [0.3, 0.4) is 0 Å². The quantitative estimate of drug-likeness (QED) is 0.839. The zero-order valence-corrected chi connectivity index (χ0v) is 12.2. The number of hydrogen-bond donors (Lipinski definition) is 0. The summed E-state index contributed by atoms with van der Waals surface area (Å²) >= 11 is 1.22. The van der Waals surface area contributed by atoms with Gasteiger partial charge in [0.15, 0.2) is 0 Å². The molecule has 0 unspecified atom stereocenters. The molecular weight excluding hydrogens is 315 g/mol. The second-order valence-corrected chi connectivity index (χ2v) is 5.64. The van der Waals surface area contributed by atoms with Crippen molar-refractivity contribution in [3.05, 3.63) is 35.2 Å². The van der Waals surface area contributed by atoms with Crippen LogP contribution in [0.2, 0.25) is 0 Å². The first-order chi connectivity index (χ1) is 10.3. The molecule has 1 amide bonds. The van der Waals surface area contributed by atoms with Gasteiger partial charge in [-0.25, -0.2) is 4.98 Å². The maximum atomic E-state index is 12.5. The van der Waals surface area contributed by atoms with Gasteiger partial charge in [0, 0.05) is 16.7 Å². The molecule has 114 valence electrons. The van der Waals surface area contributed by atoms with Crippen molar-refractivity contribution in [2.75, 3.05) is 5.01 Å². The highest BCUT2D eigenvalue weighted by Gasteiger charge is 2.30. The summed E-state index contributed by atoms with van der Waals surface area (Å²) in [6.45, 7) is 1.75. The first kappa shape index (κ1) is 14.7. The van der Waals surface area contributed by atoms with Crippen molar-refractivity contribution in [1.29, 1.82) is 0 Å². The number of hydrazone groups is 1. The Bertz CT molecular complexity index is 749. The van der Waals surface area contributed by atoms with Gasteiger partial charge >= 0.3 is 6.18 Å². The summed E-state index contributed by atoms with van der Waals surface area (Å²) in [6, 6.07) is 4.75. The van der Waals surface area contributed by atoms with Crippen molar-refractivity contribution in [1.82, 2.24) is 4.98 Å². The molecule has 22 heavy (non-hydrogen) atoms. The van der Waals surface area contributed by atoms with Crippen molar-refractivity contribution in [2.24, 2.45) is 5.10 Å². The monoisotopic (exact) mass is 325 g/mol. The number of hydrogen-bond acceptors (Lipinski definition) is 4. The molecule has 0 aliphatic carbocycles. The lowest BCUT2D eigenvalue weighted by molar-refractivity contribution is -0.137. The minimum atomic E-state index is -4.36. The number of benzene rings is 1. The third kappa shape index (κ3) is 2.74. The van der Waals surface area contributed by atoms with E-state index in [-0.39, 0.29) is 12.3 Å². The fourth-order valence-corrected chi connectivity index (χ4v) is 2.83. The average molecular weight is 325 g/mol. The summed E-state index contributed by atoms with van der Waals surface area (Å²) in [5.41, 5.74) is 1.07. The maximum Gasteiger partial charge on any atom is 0.416 e. The van der Waals surface area contributed by atoms with Gasteiger partial charge in [-0.3, -0.25) is 4.79 Å². The molecule has 2 heterocycles. The van der Waals surface area contributed by atoms with E-state index in [9.17, 15) is 18.0 Å². The topological polar surface area (TPSA) is 45.6 Å². The van der Waals surface area contributed by atoms with Gasteiger partial charge < -0.3 is 0 Å². The molecule has 0 atom stereocenters. The molecule has 1 aliphatic heterocycles. The second kappa shape index (κ2) is 5.20. The van der Waals surface area contributed by atoms with Crippen LogP contribution in [0.5, 0.6) is 0 Å². The Morgan fingerprint density at radius 3 is 2.45 bits per heavy atom. The Labute approximate surface area is 127 Å². The minimum absolute atomic E-state index is 0.161. The zero-order valence-electron chi connectivity index (χ0n) is 11.4. The summed E-state index contributed by atoms with van der Waals surface area (Å²) in [7, 11) is 0. The minimum Gasteiger partial charge on any atom is -0.272 e. The van der Waals surface area contributed by atoms with E-state index in [1.54, 1.807) is 12.3 Å². The van der Waals surface area contributed by atoms with E-state index in [0.29, 0.717) is 22.1 Å². The highest BCUT2D eigenvalue weighted by Crippen LogP contribution is 2.33. The summed E-state index contributed by atoms with van der Waals surface area (Å²) < 4.78 is 37.6. The van der Waals surface area contributed by atoms with Gasteiger partial charge in [0.25, 0.3) is 5.91 Å². The number of halogens is 3. The Balaban J connectivity index is 1.87. The SMILES string of the molecule is CC1=NN(c2nc(-c3ccc(C(F)(F)F)cc3)cs2)C(=O)C1. The number of amides is 1. The van der Waals surface area contributed by atoms with E-state index < -0.39 is 11.7 Å². The highest BCUT2D eigenvalue weighted by atomic mass is 32.1.